The fourth-order valence-corrected chi connectivity index (χ4v) is 1.55. The van der Waals surface area contributed by atoms with Gasteiger partial charge in [-0.25, -0.2) is 4.79 Å². The van der Waals surface area contributed by atoms with Crippen LogP contribution in [-0.4, -0.2) is 22.3 Å². The van der Waals surface area contributed by atoms with Gasteiger partial charge in [-0.3, -0.25) is 4.79 Å². The molecule has 0 amide bonds. The molecule has 0 spiro atoms. The van der Waals surface area contributed by atoms with Gasteiger partial charge in [-0.15, -0.1) is 0 Å². The lowest BCUT2D eigenvalue weighted by atomic mass is 10.1. The molecule has 0 unspecified atom stereocenters. The summed E-state index contributed by atoms with van der Waals surface area (Å²) in [5.74, 6) is -1.61. The minimum atomic E-state index is -0.887. The van der Waals surface area contributed by atoms with E-state index >= 15 is 0 Å². The van der Waals surface area contributed by atoms with Crippen molar-refractivity contribution in [2.45, 2.75) is 71.1 Å². The van der Waals surface area contributed by atoms with Gasteiger partial charge in [0.1, 0.15) is 0 Å². The van der Waals surface area contributed by atoms with Gasteiger partial charge in [0.15, 0.2) is 0 Å². The second kappa shape index (κ2) is 18.4. The lowest BCUT2D eigenvalue weighted by molar-refractivity contribution is -0.234. The zero-order valence-electron chi connectivity index (χ0n) is 12.9. The molecule has 0 aliphatic carbocycles. The Kier molecular flexibility index (Phi) is 19.1. The highest BCUT2D eigenvalue weighted by Gasteiger charge is 2.02. The third-order valence-electron chi connectivity index (χ3n) is 2.73. The van der Waals surface area contributed by atoms with Crippen LogP contribution in [0.3, 0.4) is 0 Å². The van der Waals surface area contributed by atoms with Crippen LogP contribution in [0.2, 0.25) is 0 Å². The van der Waals surface area contributed by atoms with Crippen molar-refractivity contribution in [2.24, 2.45) is 5.73 Å². The first-order chi connectivity index (χ1) is 10.1. The van der Waals surface area contributed by atoms with Crippen LogP contribution in [0.5, 0.6) is 0 Å². The normalized spacial score (nSPS) is 10.0. The Morgan fingerprint density at radius 1 is 1.05 bits per heavy atom. The molecule has 0 atom stereocenters. The fourth-order valence-electron chi connectivity index (χ4n) is 1.55. The Morgan fingerprint density at radius 3 is 2.19 bits per heavy atom. The van der Waals surface area contributed by atoms with Crippen LogP contribution < -0.4 is 5.73 Å². The molecule has 0 saturated heterocycles. The molecule has 4 N–H and O–H groups in total. The van der Waals surface area contributed by atoms with Gasteiger partial charge < -0.3 is 15.7 Å². The maximum atomic E-state index is 10.2. The van der Waals surface area contributed by atoms with Gasteiger partial charge in [-0.05, 0) is 31.9 Å². The number of rotatable bonds is 11. The van der Waals surface area contributed by atoms with Crippen molar-refractivity contribution in [3.63, 3.8) is 0 Å². The van der Waals surface area contributed by atoms with E-state index in [0.717, 1.165) is 6.42 Å². The summed E-state index contributed by atoms with van der Waals surface area (Å²) in [6.45, 7) is 2.24. The van der Waals surface area contributed by atoms with Gasteiger partial charge >= 0.3 is 11.9 Å². The average Bonchev–Trinajstić information content (AvgIpc) is 2.47. The molecular formula is C15H29NO5. The van der Waals surface area contributed by atoms with Crippen molar-refractivity contribution in [3.8, 4) is 0 Å². The van der Waals surface area contributed by atoms with E-state index in [1.54, 1.807) is 6.20 Å². The lowest BCUT2D eigenvalue weighted by Gasteiger charge is -1.94. The highest BCUT2D eigenvalue weighted by atomic mass is 17.1. The first-order valence-corrected chi connectivity index (χ1v) is 7.51. The van der Waals surface area contributed by atoms with E-state index in [4.69, 9.17) is 16.1 Å². The number of hydrogen-bond acceptors (Lipinski definition) is 5. The number of carboxylic acid groups (broad SMARTS) is 1. The zero-order valence-corrected chi connectivity index (χ0v) is 12.9. The highest BCUT2D eigenvalue weighted by molar-refractivity contribution is 5.69. The number of hydrogen-bond donors (Lipinski definition) is 3. The van der Waals surface area contributed by atoms with Crippen LogP contribution in [-0.2, 0) is 14.5 Å². The summed E-state index contributed by atoms with van der Waals surface area (Å²) in [5.41, 5.74) is 5.19. The number of allylic oxidation sites excluding steroid dienone is 1. The zero-order chi connectivity index (χ0) is 16.3. The van der Waals surface area contributed by atoms with E-state index < -0.39 is 11.9 Å². The molecule has 124 valence electrons. The monoisotopic (exact) mass is 303 g/mol. The van der Waals surface area contributed by atoms with Crippen molar-refractivity contribution < 1.29 is 24.8 Å². The SMILES string of the molecule is CCCCCCCC=CN.O=C(O)CCCCC(=O)OO. The standard InChI is InChI=1S/C9H19N.C6H10O5/c1-2-3-4-5-6-7-8-9-10;7-5(8)3-1-2-4-6(9)11-10/h8-9H,2-7,10H2,1H3;10H,1-4H2,(H,7,8). The van der Waals surface area contributed by atoms with Crippen molar-refractivity contribution in [1.82, 2.24) is 0 Å². The molecule has 0 bridgehead atoms. The van der Waals surface area contributed by atoms with Crippen LogP contribution in [0.25, 0.3) is 0 Å². The average molecular weight is 303 g/mol. The Balaban J connectivity index is 0. The second-order valence-corrected chi connectivity index (χ2v) is 4.70. The van der Waals surface area contributed by atoms with Gasteiger partial charge in [0.05, 0.1) is 0 Å². The minimum absolute atomic E-state index is 0.0404. The first kappa shape index (κ1) is 21.7. The van der Waals surface area contributed by atoms with Crippen molar-refractivity contribution >= 4 is 11.9 Å². The summed E-state index contributed by atoms with van der Waals surface area (Å²) in [7, 11) is 0. The molecule has 0 fully saturated rings. The summed E-state index contributed by atoms with van der Waals surface area (Å²) in [4.78, 5) is 23.6. The molecule has 0 radical (unpaired) electrons. The molecule has 0 aliphatic heterocycles. The van der Waals surface area contributed by atoms with Crippen molar-refractivity contribution in [1.29, 1.82) is 0 Å². The van der Waals surface area contributed by atoms with E-state index in [-0.39, 0.29) is 12.8 Å². The van der Waals surface area contributed by atoms with Crippen LogP contribution in [0.15, 0.2) is 12.3 Å². The number of nitrogens with two attached hydrogens (primary N) is 1. The number of carboxylic acids is 1. The molecule has 0 aromatic rings. The lowest BCUT2D eigenvalue weighted by Crippen LogP contribution is -2.01. The molecule has 0 rings (SSSR count). The topological polar surface area (TPSA) is 110 Å². The van der Waals surface area contributed by atoms with Crippen molar-refractivity contribution in [3.05, 3.63) is 12.3 Å². The maximum absolute atomic E-state index is 10.2. The summed E-state index contributed by atoms with van der Waals surface area (Å²) < 4.78 is 0. The van der Waals surface area contributed by atoms with E-state index in [9.17, 15) is 9.59 Å². The summed E-state index contributed by atoms with van der Waals surface area (Å²) in [5, 5.41) is 15.9. The first-order valence-electron chi connectivity index (χ1n) is 7.51. The molecule has 6 heteroatoms. The van der Waals surface area contributed by atoms with Crippen LogP contribution in [0.1, 0.15) is 71.1 Å². The van der Waals surface area contributed by atoms with Crippen LogP contribution in [0.4, 0.5) is 0 Å². The molecule has 0 saturated carbocycles. The molecule has 0 aromatic carbocycles. The molecule has 0 aliphatic rings. The summed E-state index contributed by atoms with van der Waals surface area (Å²) >= 11 is 0. The maximum Gasteiger partial charge on any atom is 0.342 e. The van der Waals surface area contributed by atoms with E-state index in [2.05, 4.69) is 11.8 Å². The number of unbranched alkanes of at least 4 members (excludes halogenated alkanes) is 6. The van der Waals surface area contributed by atoms with E-state index in [1.165, 1.54) is 32.1 Å². The van der Waals surface area contributed by atoms with E-state index in [0.29, 0.717) is 12.8 Å². The fraction of sp³-hybridized carbons (Fsp3) is 0.733. The Labute approximate surface area is 126 Å². The highest BCUT2D eigenvalue weighted by Crippen LogP contribution is 2.04. The third kappa shape index (κ3) is 23.9. The Morgan fingerprint density at radius 2 is 1.67 bits per heavy atom. The van der Waals surface area contributed by atoms with Gasteiger partial charge in [0.2, 0.25) is 0 Å². The second-order valence-electron chi connectivity index (χ2n) is 4.70. The molecule has 0 aromatic heterocycles. The number of carbonyl (C=O) groups is 2. The predicted molar refractivity (Wildman–Crippen MR) is 81.5 cm³/mol. The molecule has 6 nitrogen and oxygen atoms in total. The van der Waals surface area contributed by atoms with E-state index in [1.807, 2.05) is 6.08 Å². The Bertz CT molecular complexity index is 279. The quantitative estimate of drug-likeness (QED) is 0.306. The molecular weight excluding hydrogens is 274 g/mol. The van der Waals surface area contributed by atoms with Crippen LogP contribution in [0, 0.1) is 0 Å². The molecule has 0 heterocycles. The summed E-state index contributed by atoms with van der Waals surface area (Å²) in [6, 6.07) is 0. The largest absolute Gasteiger partial charge is 0.481 e. The predicted octanol–water partition coefficient (Wildman–Crippen LogP) is 3.47. The Hall–Kier alpha value is -1.56. The van der Waals surface area contributed by atoms with Crippen molar-refractivity contribution in [2.75, 3.05) is 0 Å². The minimum Gasteiger partial charge on any atom is -0.481 e. The number of carbonyl (C=O) groups excluding carboxylic acids is 1. The third-order valence-corrected chi connectivity index (χ3v) is 2.73. The summed E-state index contributed by atoms with van der Waals surface area (Å²) in [6.07, 6.45) is 12.5. The van der Waals surface area contributed by atoms with Gasteiger partial charge in [0.25, 0.3) is 0 Å². The smallest absolute Gasteiger partial charge is 0.342 e. The van der Waals surface area contributed by atoms with Gasteiger partial charge in [-0.2, -0.15) is 5.26 Å². The van der Waals surface area contributed by atoms with Crippen LogP contribution >= 0.6 is 0 Å². The van der Waals surface area contributed by atoms with Gasteiger partial charge in [-0.1, -0.05) is 38.7 Å². The van der Waals surface area contributed by atoms with Gasteiger partial charge in [0, 0.05) is 12.8 Å². The molecule has 21 heavy (non-hydrogen) atoms. The number of aliphatic carboxylic acids is 1.